The van der Waals surface area contributed by atoms with Gasteiger partial charge >= 0.3 is 0 Å². The van der Waals surface area contributed by atoms with Crippen LogP contribution in [0.2, 0.25) is 0 Å². The molecule has 2 rings (SSSR count). The number of rotatable bonds is 0. The summed E-state index contributed by atoms with van der Waals surface area (Å²) in [4.78, 5) is 15.4. The van der Waals surface area contributed by atoms with Crippen LogP contribution in [0, 0.1) is 13.0 Å². The van der Waals surface area contributed by atoms with E-state index in [0.29, 0.717) is 11.3 Å². The summed E-state index contributed by atoms with van der Waals surface area (Å²) in [5, 5.41) is 0. The predicted octanol–water partition coefficient (Wildman–Crippen LogP) is 0.803. The Labute approximate surface area is 69.3 Å². The van der Waals surface area contributed by atoms with Crippen molar-refractivity contribution in [3.05, 3.63) is 46.5 Å². The normalized spacial score (nSPS) is 10.4. The summed E-state index contributed by atoms with van der Waals surface area (Å²) in [6, 6.07) is 8.04. The van der Waals surface area contributed by atoms with Crippen LogP contribution in [0.15, 0.2) is 29.2 Å². The summed E-state index contributed by atoms with van der Waals surface area (Å²) in [5.41, 5.74) is 1.14. The Morgan fingerprint density at radius 2 is 2.33 bits per heavy atom. The van der Waals surface area contributed by atoms with E-state index in [-0.39, 0.29) is 5.56 Å². The molecule has 0 fully saturated rings. The summed E-state index contributed by atoms with van der Waals surface area (Å²) >= 11 is 0. The van der Waals surface area contributed by atoms with E-state index >= 15 is 0 Å². The molecule has 3 heteroatoms. The van der Waals surface area contributed by atoms with Gasteiger partial charge in [-0.15, -0.1) is 0 Å². The minimum atomic E-state index is -0.155. The van der Waals surface area contributed by atoms with E-state index in [1.807, 2.05) is 6.07 Å². The average molecular weight is 159 g/mol. The smallest absolute Gasteiger partial charge is 0.266 e. The van der Waals surface area contributed by atoms with Gasteiger partial charge in [0.05, 0.1) is 11.8 Å². The fourth-order valence-corrected chi connectivity index (χ4v) is 1.11. The van der Waals surface area contributed by atoms with Gasteiger partial charge in [-0.3, -0.25) is 9.20 Å². The standard InChI is InChI=1S/C9H7N2O/c1-7-6-9(12)11-5-3-2-4-8(11)10-7/h2-5H,1H3. The molecule has 0 N–H and O–H groups in total. The van der Waals surface area contributed by atoms with Gasteiger partial charge in [0.25, 0.3) is 5.56 Å². The zero-order valence-corrected chi connectivity index (χ0v) is 6.61. The van der Waals surface area contributed by atoms with E-state index in [1.54, 1.807) is 25.3 Å². The van der Waals surface area contributed by atoms with Crippen molar-refractivity contribution in [2.75, 3.05) is 0 Å². The maximum Gasteiger partial charge on any atom is 0.266 e. The van der Waals surface area contributed by atoms with Crippen LogP contribution < -0.4 is 5.56 Å². The van der Waals surface area contributed by atoms with Gasteiger partial charge in [-0.2, -0.15) is 0 Å². The summed E-state index contributed by atoms with van der Waals surface area (Å²) in [5.74, 6) is 0. The van der Waals surface area contributed by atoms with Gasteiger partial charge in [0, 0.05) is 6.20 Å². The van der Waals surface area contributed by atoms with Crippen LogP contribution in [0.25, 0.3) is 5.65 Å². The number of nitrogens with zero attached hydrogens (tertiary/aromatic N) is 2. The molecular formula is C9H7N2O. The van der Waals surface area contributed by atoms with Crippen molar-refractivity contribution in [2.45, 2.75) is 6.92 Å². The first-order chi connectivity index (χ1) is 5.77. The third-order valence-electron chi connectivity index (χ3n) is 1.63. The van der Waals surface area contributed by atoms with Crippen molar-refractivity contribution < 1.29 is 0 Å². The van der Waals surface area contributed by atoms with Gasteiger partial charge < -0.3 is 0 Å². The van der Waals surface area contributed by atoms with Crippen molar-refractivity contribution in [2.24, 2.45) is 0 Å². The van der Waals surface area contributed by atoms with Gasteiger partial charge in [-0.25, -0.2) is 4.98 Å². The van der Waals surface area contributed by atoms with Crippen LogP contribution in [0.5, 0.6) is 0 Å². The third kappa shape index (κ3) is 0.993. The molecule has 2 aromatic rings. The fraction of sp³-hybridized carbons (Fsp3) is 0.111. The first kappa shape index (κ1) is 7.03. The molecule has 0 amide bonds. The molecule has 0 saturated carbocycles. The van der Waals surface area contributed by atoms with Crippen LogP contribution in [-0.4, -0.2) is 9.38 Å². The highest BCUT2D eigenvalue weighted by Crippen LogP contribution is 1.95. The number of hydrogen-bond donors (Lipinski definition) is 0. The lowest BCUT2D eigenvalue weighted by Crippen LogP contribution is -2.14. The Kier molecular flexibility index (Phi) is 1.43. The molecule has 59 valence electrons. The molecule has 0 bridgehead atoms. The van der Waals surface area contributed by atoms with Gasteiger partial charge in [0.1, 0.15) is 5.65 Å². The number of hydrogen-bond acceptors (Lipinski definition) is 2. The Bertz CT molecular complexity index is 473. The Morgan fingerprint density at radius 3 is 3.17 bits per heavy atom. The van der Waals surface area contributed by atoms with E-state index in [1.165, 1.54) is 4.40 Å². The van der Waals surface area contributed by atoms with Crippen molar-refractivity contribution in [1.82, 2.24) is 9.38 Å². The zero-order valence-electron chi connectivity index (χ0n) is 6.61. The fourth-order valence-electron chi connectivity index (χ4n) is 1.11. The second-order valence-electron chi connectivity index (χ2n) is 2.56. The van der Waals surface area contributed by atoms with Gasteiger partial charge in [-0.1, -0.05) is 6.07 Å². The lowest BCUT2D eigenvalue weighted by molar-refractivity contribution is 1.01. The van der Waals surface area contributed by atoms with Crippen molar-refractivity contribution in [3.63, 3.8) is 0 Å². The first-order valence-corrected chi connectivity index (χ1v) is 3.65. The molecule has 12 heavy (non-hydrogen) atoms. The molecule has 2 aromatic heterocycles. The minimum Gasteiger partial charge on any atom is -0.268 e. The van der Waals surface area contributed by atoms with Crippen LogP contribution in [0.1, 0.15) is 5.69 Å². The van der Waals surface area contributed by atoms with E-state index in [9.17, 15) is 4.79 Å². The van der Waals surface area contributed by atoms with E-state index < -0.39 is 0 Å². The molecule has 2 heterocycles. The maximum atomic E-state index is 11.3. The predicted molar refractivity (Wildman–Crippen MR) is 45.0 cm³/mol. The number of aromatic nitrogens is 2. The molecule has 0 aromatic carbocycles. The van der Waals surface area contributed by atoms with Crippen LogP contribution in [-0.2, 0) is 0 Å². The largest absolute Gasteiger partial charge is 0.268 e. The number of aryl methyl sites for hydroxylation is 1. The second kappa shape index (κ2) is 2.44. The van der Waals surface area contributed by atoms with Gasteiger partial charge in [0.15, 0.2) is 0 Å². The Morgan fingerprint density at radius 1 is 1.50 bits per heavy atom. The molecule has 0 atom stereocenters. The highest BCUT2D eigenvalue weighted by molar-refractivity contribution is 5.37. The van der Waals surface area contributed by atoms with Crippen LogP contribution in [0.4, 0.5) is 0 Å². The SMILES string of the molecule is Cc1[c]c(=O)n2ccccc2n1. The first-order valence-electron chi connectivity index (χ1n) is 3.65. The molecule has 1 radical (unpaired) electrons. The summed E-state index contributed by atoms with van der Waals surface area (Å²) in [7, 11) is 0. The quantitative estimate of drug-likeness (QED) is 0.570. The molecule has 0 aliphatic rings. The number of fused-ring (bicyclic) bond motifs is 1. The number of pyridine rings is 1. The Balaban J connectivity index is 2.99. The third-order valence-corrected chi connectivity index (χ3v) is 1.63. The van der Waals surface area contributed by atoms with E-state index in [4.69, 9.17) is 0 Å². The maximum absolute atomic E-state index is 11.3. The molecule has 3 nitrogen and oxygen atoms in total. The molecule has 0 spiro atoms. The molecular weight excluding hydrogens is 152 g/mol. The average Bonchev–Trinajstić information content (AvgIpc) is 2.04. The van der Waals surface area contributed by atoms with Crippen molar-refractivity contribution in [3.8, 4) is 0 Å². The summed E-state index contributed by atoms with van der Waals surface area (Å²) < 4.78 is 1.47. The van der Waals surface area contributed by atoms with Crippen LogP contribution >= 0.6 is 0 Å². The molecule has 0 aliphatic heterocycles. The van der Waals surface area contributed by atoms with E-state index in [2.05, 4.69) is 11.1 Å². The minimum absolute atomic E-state index is 0.155. The van der Waals surface area contributed by atoms with Gasteiger partial charge in [0.2, 0.25) is 0 Å². The topological polar surface area (TPSA) is 34.4 Å². The van der Waals surface area contributed by atoms with Crippen molar-refractivity contribution in [1.29, 1.82) is 0 Å². The molecule has 0 saturated heterocycles. The second-order valence-corrected chi connectivity index (χ2v) is 2.56. The molecule has 0 aliphatic carbocycles. The lowest BCUT2D eigenvalue weighted by atomic mass is 10.4. The summed E-state index contributed by atoms with van der Waals surface area (Å²) in [6.45, 7) is 1.76. The summed E-state index contributed by atoms with van der Waals surface area (Å²) in [6.07, 6.45) is 1.68. The lowest BCUT2D eigenvalue weighted by Gasteiger charge is -1.97. The van der Waals surface area contributed by atoms with Crippen molar-refractivity contribution >= 4 is 5.65 Å². The van der Waals surface area contributed by atoms with Crippen LogP contribution in [0.3, 0.4) is 0 Å². The Hall–Kier alpha value is -1.64. The monoisotopic (exact) mass is 159 g/mol. The highest BCUT2D eigenvalue weighted by atomic mass is 16.1. The molecule has 0 unspecified atom stereocenters. The van der Waals surface area contributed by atoms with E-state index in [0.717, 1.165) is 0 Å². The zero-order chi connectivity index (χ0) is 8.55. The highest BCUT2D eigenvalue weighted by Gasteiger charge is 1.96. The van der Waals surface area contributed by atoms with Gasteiger partial charge in [-0.05, 0) is 19.1 Å².